The molecule has 0 radical (unpaired) electrons. The summed E-state index contributed by atoms with van der Waals surface area (Å²) in [4.78, 5) is 45.1. The SMILES string of the molecule is CC[C@@H](C)N(CCC(=O)N(C)Cc1ccccc1)C(=O)c1cc2n(n1)CCCN(Cc1ccccc1)C2=O. The van der Waals surface area contributed by atoms with Gasteiger partial charge in [-0.25, -0.2) is 0 Å². The van der Waals surface area contributed by atoms with Gasteiger partial charge in [0.05, 0.1) is 0 Å². The number of aromatic nitrogens is 2. The predicted molar refractivity (Wildman–Crippen MR) is 146 cm³/mol. The molecule has 0 saturated heterocycles. The van der Waals surface area contributed by atoms with Crippen LogP contribution < -0.4 is 0 Å². The summed E-state index contributed by atoms with van der Waals surface area (Å²) in [5.74, 6) is -0.395. The van der Waals surface area contributed by atoms with E-state index < -0.39 is 0 Å². The van der Waals surface area contributed by atoms with Crippen LogP contribution in [0, 0.1) is 0 Å². The second-order valence-corrected chi connectivity index (χ2v) is 9.95. The molecule has 200 valence electrons. The molecule has 1 aromatic heterocycles. The quantitative estimate of drug-likeness (QED) is 0.405. The standard InChI is InChI=1S/C30H37N5O3/c1-4-23(2)34(19-16-28(36)32(3)21-24-12-7-5-8-13-24)29(37)26-20-27-30(38)33(17-11-18-35(27)31-26)22-25-14-9-6-10-15-25/h5-10,12-15,20,23H,4,11,16-19,21-22H2,1-3H3/t23-/m1/s1. The number of carbonyl (C=O) groups is 3. The minimum absolute atomic E-state index is 0.0256. The van der Waals surface area contributed by atoms with E-state index in [1.807, 2.05) is 79.4 Å². The first-order chi connectivity index (χ1) is 18.4. The number of carbonyl (C=O) groups excluding carboxylic acids is 3. The highest BCUT2D eigenvalue weighted by Crippen LogP contribution is 2.19. The van der Waals surface area contributed by atoms with Gasteiger partial charge in [0, 0.05) is 58.3 Å². The average molecular weight is 516 g/mol. The maximum absolute atomic E-state index is 13.6. The number of hydrogen-bond donors (Lipinski definition) is 0. The lowest BCUT2D eigenvalue weighted by Crippen LogP contribution is -2.41. The van der Waals surface area contributed by atoms with Gasteiger partial charge in [0.2, 0.25) is 5.91 Å². The summed E-state index contributed by atoms with van der Waals surface area (Å²) in [5, 5.41) is 4.54. The van der Waals surface area contributed by atoms with Crippen molar-refractivity contribution in [1.82, 2.24) is 24.5 Å². The van der Waals surface area contributed by atoms with Gasteiger partial charge in [0.15, 0.2) is 5.69 Å². The van der Waals surface area contributed by atoms with Gasteiger partial charge in [0.1, 0.15) is 5.69 Å². The predicted octanol–water partition coefficient (Wildman–Crippen LogP) is 4.22. The average Bonchev–Trinajstić information content (AvgIpc) is 3.31. The maximum atomic E-state index is 13.6. The van der Waals surface area contributed by atoms with Crippen molar-refractivity contribution in [2.45, 2.75) is 58.8 Å². The van der Waals surface area contributed by atoms with Crippen LogP contribution in [-0.2, 0) is 24.4 Å². The zero-order valence-corrected chi connectivity index (χ0v) is 22.5. The van der Waals surface area contributed by atoms with Crippen LogP contribution in [0.1, 0.15) is 65.2 Å². The molecule has 0 N–H and O–H groups in total. The van der Waals surface area contributed by atoms with Crippen LogP contribution in [0.5, 0.6) is 0 Å². The van der Waals surface area contributed by atoms with E-state index in [0.29, 0.717) is 38.4 Å². The van der Waals surface area contributed by atoms with E-state index in [9.17, 15) is 14.4 Å². The Morgan fingerprint density at radius 1 is 1.00 bits per heavy atom. The Bertz CT molecular complexity index is 1240. The van der Waals surface area contributed by atoms with Crippen molar-refractivity contribution >= 4 is 17.7 Å². The van der Waals surface area contributed by atoms with E-state index >= 15 is 0 Å². The maximum Gasteiger partial charge on any atom is 0.274 e. The Labute approximate surface area is 224 Å². The third kappa shape index (κ3) is 6.49. The summed E-state index contributed by atoms with van der Waals surface area (Å²) in [6.45, 7) is 6.54. The van der Waals surface area contributed by atoms with Gasteiger partial charge in [0.25, 0.3) is 11.8 Å². The molecule has 3 amide bonds. The number of benzene rings is 2. The van der Waals surface area contributed by atoms with Crippen molar-refractivity contribution in [2.75, 3.05) is 20.1 Å². The number of fused-ring (bicyclic) bond motifs is 1. The highest BCUT2D eigenvalue weighted by molar-refractivity contribution is 5.98. The number of aryl methyl sites for hydroxylation is 1. The molecule has 38 heavy (non-hydrogen) atoms. The Balaban J connectivity index is 1.45. The first kappa shape index (κ1) is 27.1. The molecule has 1 aliphatic heterocycles. The second-order valence-electron chi connectivity index (χ2n) is 9.95. The monoisotopic (exact) mass is 515 g/mol. The molecule has 0 saturated carbocycles. The van der Waals surface area contributed by atoms with Gasteiger partial charge < -0.3 is 14.7 Å². The molecule has 2 aromatic carbocycles. The first-order valence-electron chi connectivity index (χ1n) is 13.4. The molecule has 0 fully saturated rings. The van der Waals surface area contributed by atoms with Gasteiger partial charge in [-0.05, 0) is 30.9 Å². The molecular weight excluding hydrogens is 478 g/mol. The molecular formula is C30H37N5O3. The normalized spacial score (nSPS) is 14.0. The summed E-state index contributed by atoms with van der Waals surface area (Å²) in [5.41, 5.74) is 2.81. The Morgan fingerprint density at radius 2 is 1.66 bits per heavy atom. The lowest BCUT2D eigenvalue weighted by molar-refractivity contribution is -0.130. The molecule has 1 aliphatic rings. The van der Waals surface area contributed by atoms with Crippen LogP contribution >= 0.6 is 0 Å². The van der Waals surface area contributed by atoms with E-state index in [-0.39, 0.29) is 35.9 Å². The van der Waals surface area contributed by atoms with Gasteiger partial charge >= 0.3 is 0 Å². The van der Waals surface area contributed by atoms with E-state index in [0.717, 1.165) is 24.0 Å². The minimum atomic E-state index is -0.249. The van der Waals surface area contributed by atoms with Crippen molar-refractivity contribution in [3.05, 3.63) is 89.2 Å². The summed E-state index contributed by atoms with van der Waals surface area (Å²) in [6, 6.07) is 21.3. The van der Waals surface area contributed by atoms with E-state index in [4.69, 9.17) is 0 Å². The molecule has 1 atom stereocenters. The molecule has 2 heterocycles. The summed E-state index contributed by atoms with van der Waals surface area (Å²) < 4.78 is 1.66. The van der Waals surface area contributed by atoms with Gasteiger partial charge in [-0.3, -0.25) is 19.1 Å². The molecule has 4 rings (SSSR count). The fraction of sp³-hybridized carbons (Fsp3) is 0.400. The molecule has 8 nitrogen and oxygen atoms in total. The molecule has 3 aromatic rings. The van der Waals surface area contributed by atoms with Crippen molar-refractivity contribution in [2.24, 2.45) is 0 Å². The third-order valence-corrected chi connectivity index (χ3v) is 7.16. The van der Waals surface area contributed by atoms with Gasteiger partial charge in [-0.1, -0.05) is 67.6 Å². The number of hydrogen-bond acceptors (Lipinski definition) is 4. The molecule has 0 spiro atoms. The first-order valence-corrected chi connectivity index (χ1v) is 13.4. The van der Waals surface area contributed by atoms with Crippen LogP contribution in [0.15, 0.2) is 66.7 Å². The van der Waals surface area contributed by atoms with Gasteiger partial charge in [-0.15, -0.1) is 0 Å². The van der Waals surface area contributed by atoms with Crippen LogP contribution in [0.25, 0.3) is 0 Å². The summed E-state index contributed by atoms with van der Waals surface area (Å²) >= 11 is 0. The number of rotatable bonds is 10. The highest BCUT2D eigenvalue weighted by Gasteiger charge is 2.29. The zero-order valence-electron chi connectivity index (χ0n) is 22.5. The van der Waals surface area contributed by atoms with Crippen molar-refractivity contribution < 1.29 is 14.4 Å². The van der Waals surface area contributed by atoms with E-state index in [1.54, 1.807) is 27.6 Å². The van der Waals surface area contributed by atoms with Crippen LogP contribution in [0.3, 0.4) is 0 Å². The molecule has 0 bridgehead atoms. The van der Waals surface area contributed by atoms with Crippen LogP contribution in [-0.4, -0.2) is 68.4 Å². The van der Waals surface area contributed by atoms with E-state index in [2.05, 4.69) is 5.10 Å². The summed E-state index contributed by atoms with van der Waals surface area (Å²) in [6.07, 6.45) is 1.73. The lowest BCUT2D eigenvalue weighted by Gasteiger charge is -2.28. The minimum Gasteiger partial charge on any atom is -0.341 e. The fourth-order valence-electron chi connectivity index (χ4n) is 4.74. The smallest absolute Gasteiger partial charge is 0.274 e. The second kappa shape index (κ2) is 12.5. The molecule has 0 aliphatic carbocycles. The highest BCUT2D eigenvalue weighted by atomic mass is 16.2. The Hall–Kier alpha value is -3.94. The number of nitrogens with zero attached hydrogens (tertiary/aromatic N) is 5. The topological polar surface area (TPSA) is 78.8 Å². The third-order valence-electron chi connectivity index (χ3n) is 7.16. The van der Waals surface area contributed by atoms with Crippen LogP contribution in [0.2, 0.25) is 0 Å². The van der Waals surface area contributed by atoms with Crippen LogP contribution in [0.4, 0.5) is 0 Å². The van der Waals surface area contributed by atoms with Crippen molar-refractivity contribution in [3.8, 4) is 0 Å². The Morgan fingerprint density at radius 3 is 2.32 bits per heavy atom. The van der Waals surface area contributed by atoms with Crippen molar-refractivity contribution in [1.29, 1.82) is 0 Å². The largest absolute Gasteiger partial charge is 0.341 e. The zero-order chi connectivity index (χ0) is 27.1. The Kier molecular flexibility index (Phi) is 8.94. The molecule has 8 heteroatoms. The fourth-order valence-corrected chi connectivity index (χ4v) is 4.74. The van der Waals surface area contributed by atoms with Crippen molar-refractivity contribution in [3.63, 3.8) is 0 Å². The molecule has 0 unspecified atom stereocenters. The lowest BCUT2D eigenvalue weighted by atomic mass is 10.1. The van der Waals surface area contributed by atoms with E-state index in [1.165, 1.54) is 0 Å². The number of amides is 3. The van der Waals surface area contributed by atoms with Gasteiger partial charge in [-0.2, -0.15) is 5.10 Å². The summed E-state index contributed by atoms with van der Waals surface area (Å²) in [7, 11) is 1.78.